The van der Waals surface area contributed by atoms with Crippen molar-refractivity contribution in [3.63, 3.8) is 0 Å². The number of carbonyl (C=O) groups is 3. The summed E-state index contributed by atoms with van der Waals surface area (Å²) >= 11 is 12.4. The van der Waals surface area contributed by atoms with Gasteiger partial charge in [0.15, 0.2) is 5.69 Å². The zero-order valence-electron chi connectivity index (χ0n) is 19.5. The number of nitrogens with one attached hydrogen (secondary N) is 2. The van der Waals surface area contributed by atoms with Crippen molar-refractivity contribution in [2.45, 2.75) is 50.6 Å². The van der Waals surface area contributed by atoms with E-state index in [1.54, 1.807) is 6.07 Å². The number of halogens is 2. The molecule has 0 radical (unpaired) electrons. The average molecular weight is 528 g/mol. The van der Waals surface area contributed by atoms with Gasteiger partial charge < -0.3 is 16.4 Å². The lowest BCUT2D eigenvalue weighted by atomic mass is 9.95. The zero-order chi connectivity index (χ0) is 25.7. The number of hydrogen-bond acceptors (Lipinski definition) is 5. The van der Waals surface area contributed by atoms with Crippen molar-refractivity contribution in [3.05, 3.63) is 81.6 Å². The van der Waals surface area contributed by atoms with Crippen molar-refractivity contribution < 1.29 is 14.4 Å². The van der Waals surface area contributed by atoms with Gasteiger partial charge in [0.2, 0.25) is 0 Å². The summed E-state index contributed by atoms with van der Waals surface area (Å²) in [5.74, 6) is -1.62. The van der Waals surface area contributed by atoms with Crippen LogP contribution in [0.3, 0.4) is 0 Å². The van der Waals surface area contributed by atoms with Crippen molar-refractivity contribution in [2.24, 2.45) is 5.73 Å². The van der Waals surface area contributed by atoms with Crippen LogP contribution in [0.1, 0.15) is 63.3 Å². The second kappa shape index (κ2) is 11.7. The summed E-state index contributed by atoms with van der Waals surface area (Å²) in [6.07, 6.45) is 6.51. The van der Waals surface area contributed by atoms with Gasteiger partial charge in [0.05, 0.1) is 33.5 Å². The fourth-order valence-corrected chi connectivity index (χ4v) is 4.84. The molecule has 1 heterocycles. The first-order chi connectivity index (χ1) is 17.3. The van der Waals surface area contributed by atoms with Crippen LogP contribution < -0.4 is 16.4 Å². The van der Waals surface area contributed by atoms with Gasteiger partial charge in [-0.05, 0) is 37.0 Å². The minimum absolute atomic E-state index is 0.00834. The van der Waals surface area contributed by atoms with Crippen LogP contribution in [-0.2, 0) is 6.42 Å². The van der Waals surface area contributed by atoms with Gasteiger partial charge in [0.25, 0.3) is 17.7 Å². The van der Waals surface area contributed by atoms with Gasteiger partial charge in [0.1, 0.15) is 0 Å². The molecule has 1 aliphatic carbocycles. The normalized spacial score (nSPS) is 14.8. The van der Waals surface area contributed by atoms with Crippen LogP contribution >= 0.6 is 23.2 Å². The SMILES string of the molecule is NC(Cc1ccccc1)C(=O)n1cc(NC(=O)c2c(Cl)cccc2Cl)c(C(=O)NC2CCCCC2)n1. The average Bonchev–Trinajstić information content (AvgIpc) is 3.28. The number of anilines is 1. The maximum atomic E-state index is 13.1. The molecule has 4 rings (SSSR count). The maximum Gasteiger partial charge on any atom is 0.274 e. The van der Waals surface area contributed by atoms with Crippen molar-refractivity contribution in [1.82, 2.24) is 15.1 Å². The third-order valence-electron chi connectivity index (χ3n) is 6.15. The Morgan fingerprint density at radius 2 is 1.64 bits per heavy atom. The lowest BCUT2D eigenvalue weighted by molar-refractivity contribution is 0.0860. The van der Waals surface area contributed by atoms with E-state index in [4.69, 9.17) is 28.9 Å². The first-order valence-corrected chi connectivity index (χ1v) is 12.6. The predicted molar refractivity (Wildman–Crippen MR) is 140 cm³/mol. The summed E-state index contributed by atoms with van der Waals surface area (Å²) in [4.78, 5) is 39.2. The molecule has 0 spiro atoms. The Hall–Kier alpha value is -3.20. The van der Waals surface area contributed by atoms with Crippen LogP contribution in [0.4, 0.5) is 5.69 Å². The number of nitrogens with two attached hydrogens (primary N) is 1. The number of aromatic nitrogens is 2. The summed E-state index contributed by atoms with van der Waals surface area (Å²) in [6, 6.07) is 13.2. The maximum absolute atomic E-state index is 13.1. The highest BCUT2D eigenvalue weighted by Gasteiger charge is 2.27. The largest absolute Gasteiger partial charge is 0.348 e. The highest BCUT2D eigenvalue weighted by atomic mass is 35.5. The quantitative estimate of drug-likeness (QED) is 0.410. The minimum Gasteiger partial charge on any atom is -0.348 e. The summed E-state index contributed by atoms with van der Waals surface area (Å²) in [7, 11) is 0. The molecule has 1 aromatic heterocycles. The predicted octanol–water partition coefficient (Wildman–Crippen LogP) is 4.71. The molecular formula is C26H27Cl2N5O3. The second-order valence-electron chi connectivity index (χ2n) is 8.83. The van der Waals surface area contributed by atoms with E-state index >= 15 is 0 Å². The molecule has 0 bridgehead atoms. The van der Waals surface area contributed by atoms with Crippen molar-refractivity contribution in [2.75, 3.05) is 5.32 Å². The first-order valence-electron chi connectivity index (χ1n) is 11.8. The fraction of sp³-hybridized carbons (Fsp3) is 0.308. The molecule has 36 heavy (non-hydrogen) atoms. The Labute approximate surface area is 219 Å². The van der Waals surface area contributed by atoms with Gasteiger partial charge >= 0.3 is 0 Å². The highest BCUT2D eigenvalue weighted by Crippen LogP contribution is 2.26. The molecular weight excluding hydrogens is 501 g/mol. The molecule has 2 aromatic carbocycles. The standard InChI is InChI=1S/C26H27Cl2N5O3/c27-18-12-7-13-19(28)22(18)24(34)31-21-15-33(26(36)20(29)14-16-8-3-1-4-9-16)32-23(21)25(35)30-17-10-5-2-6-11-17/h1,3-4,7-9,12-13,15,17,20H,2,5-6,10-11,14,29H2,(H,30,35)(H,31,34). The number of carbonyl (C=O) groups excluding carboxylic acids is 3. The molecule has 1 atom stereocenters. The van der Waals surface area contributed by atoms with Gasteiger partial charge in [-0.2, -0.15) is 5.10 Å². The van der Waals surface area contributed by atoms with Gasteiger partial charge in [-0.3, -0.25) is 14.4 Å². The number of nitrogens with zero attached hydrogens (tertiary/aromatic N) is 2. The van der Waals surface area contributed by atoms with Gasteiger partial charge in [-0.1, -0.05) is 78.9 Å². The van der Waals surface area contributed by atoms with E-state index in [1.165, 1.54) is 18.3 Å². The second-order valence-corrected chi connectivity index (χ2v) is 9.64. The highest BCUT2D eigenvalue weighted by molar-refractivity contribution is 6.40. The molecule has 4 N–H and O–H groups in total. The molecule has 2 amide bonds. The molecule has 8 nitrogen and oxygen atoms in total. The van der Waals surface area contributed by atoms with E-state index in [2.05, 4.69) is 15.7 Å². The van der Waals surface area contributed by atoms with Crippen LogP contribution in [0.2, 0.25) is 10.0 Å². The topological polar surface area (TPSA) is 119 Å². The van der Waals surface area contributed by atoms with Crippen molar-refractivity contribution in [3.8, 4) is 0 Å². The zero-order valence-corrected chi connectivity index (χ0v) is 21.1. The van der Waals surface area contributed by atoms with Gasteiger partial charge in [-0.15, -0.1) is 0 Å². The summed E-state index contributed by atoms with van der Waals surface area (Å²) in [6.45, 7) is 0. The van der Waals surface area contributed by atoms with Gasteiger partial charge in [-0.25, -0.2) is 4.68 Å². The van der Waals surface area contributed by atoms with Crippen molar-refractivity contribution >= 4 is 46.6 Å². The molecule has 1 fully saturated rings. The molecule has 3 aromatic rings. The molecule has 1 aliphatic rings. The Morgan fingerprint density at radius 3 is 2.31 bits per heavy atom. The molecule has 1 unspecified atom stereocenters. The molecule has 1 saturated carbocycles. The van der Waals surface area contributed by atoms with Gasteiger partial charge in [0, 0.05) is 6.04 Å². The summed E-state index contributed by atoms with van der Waals surface area (Å²) in [5.41, 5.74) is 7.09. The van der Waals surface area contributed by atoms with E-state index in [0.29, 0.717) is 6.42 Å². The van der Waals surface area contributed by atoms with Crippen LogP contribution in [0.15, 0.2) is 54.7 Å². The number of benzene rings is 2. The van der Waals surface area contributed by atoms with E-state index in [0.717, 1.165) is 42.3 Å². The van der Waals surface area contributed by atoms with Crippen molar-refractivity contribution in [1.29, 1.82) is 0 Å². The third-order valence-corrected chi connectivity index (χ3v) is 6.78. The molecule has 0 aliphatic heterocycles. The Morgan fingerprint density at radius 1 is 0.972 bits per heavy atom. The Bertz CT molecular complexity index is 1240. The number of rotatable bonds is 7. The van der Waals surface area contributed by atoms with Crippen LogP contribution in [-0.4, -0.2) is 39.6 Å². The monoisotopic (exact) mass is 527 g/mol. The Balaban J connectivity index is 1.60. The van der Waals surface area contributed by atoms with E-state index < -0.39 is 23.8 Å². The Kier molecular flexibility index (Phi) is 8.40. The molecule has 188 valence electrons. The molecule has 0 saturated heterocycles. The number of amides is 2. The lowest BCUT2D eigenvalue weighted by Gasteiger charge is -2.22. The van der Waals surface area contributed by atoms with E-state index in [9.17, 15) is 14.4 Å². The lowest BCUT2D eigenvalue weighted by Crippen LogP contribution is -2.38. The van der Waals surface area contributed by atoms with Crippen LogP contribution in [0.5, 0.6) is 0 Å². The third kappa shape index (κ3) is 6.13. The first kappa shape index (κ1) is 25.9. The molecule has 10 heteroatoms. The smallest absolute Gasteiger partial charge is 0.274 e. The van der Waals surface area contributed by atoms with E-state index in [-0.39, 0.29) is 33.0 Å². The summed E-state index contributed by atoms with van der Waals surface area (Å²) < 4.78 is 1.01. The van der Waals surface area contributed by atoms with E-state index in [1.807, 2.05) is 30.3 Å². The summed E-state index contributed by atoms with van der Waals surface area (Å²) in [5, 5.41) is 10.2. The van der Waals surface area contributed by atoms with Crippen LogP contribution in [0.25, 0.3) is 0 Å². The minimum atomic E-state index is -0.900. The van der Waals surface area contributed by atoms with Crippen LogP contribution in [0, 0.1) is 0 Å². The fourth-order valence-electron chi connectivity index (χ4n) is 4.27. The number of hydrogen-bond donors (Lipinski definition) is 3.